The first-order chi connectivity index (χ1) is 16.6. The van der Waals surface area contributed by atoms with Crippen molar-refractivity contribution in [1.29, 1.82) is 0 Å². The van der Waals surface area contributed by atoms with Crippen LogP contribution in [0.3, 0.4) is 0 Å². The van der Waals surface area contributed by atoms with Crippen molar-refractivity contribution in [3.8, 4) is 11.8 Å². The van der Waals surface area contributed by atoms with Crippen LogP contribution in [0.4, 0.5) is 5.69 Å². The fraction of sp³-hybridized carbons (Fsp3) is 0.679. The zero-order chi connectivity index (χ0) is 25.8. The highest BCUT2D eigenvalue weighted by atomic mass is 32.1. The topological polar surface area (TPSA) is 66.9 Å². The van der Waals surface area contributed by atoms with Crippen LogP contribution < -0.4 is 4.90 Å². The number of ether oxygens (including phenoxy) is 1. The molecule has 0 unspecified atom stereocenters. The van der Waals surface area contributed by atoms with Gasteiger partial charge in [0.25, 0.3) is 0 Å². The molecular weight excluding hydrogens is 460 g/mol. The van der Waals surface area contributed by atoms with Gasteiger partial charge in [-0.25, -0.2) is 4.79 Å². The third-order valence-electron chi connectivity index (χ3n) is 6.95. The van der Waals surface area contributed by atoms with Crippen molar-refractivity contribution in [2.24, 2.45) is 17.3 Å². The maximum atomic E-state index is 14.1. The number of hydrogen-bond acceptors (Lipinski definition) is 5. The van der Waals surface area contributed by atoms with E-state index in [1.165, 1.54) is 18.4 Å². The number of carbonyl (C=O) groups excluding carboxylic acids is 3. The normalized spacial score (nSPS) is 23.2. The van der Waals surface area contributed by atoms with Gasteiger partial charge in [-0.3, -0.25) is 14.5 Å². The molecule has 7 heteroatoms. The lowest BCUT2D eigenvalue weighted by Crippen LogP contribution is -2.52. The molecule has 2 heterocycles. The van der Waals surface area contributed by atoms with E-state index < -0.39 is 12.0 Å². The van der Waals surface area contributed by atoms with Gasteiger partial charge in [0.2, 0.25) is 11.8 Å². The molecule has 192 valence electrons. The van der Waals surface area contributed by atoms with Crippen LogP contribution in [0.5, 0.6) is 0 Å². The van der Waals surface area contributed by atoms with Gasteiger partial charge >= 0.3 is 5.97 Å². The Morgan fingerprint density at radius 2 is 1.86 bits per heavy atom. The van der Waals surface area contributed by atoms with E-state index in [0.717, 1.165) is 38.5 Å². The summed E-state index contributed by atoms with van der Waals surface area (Å²) in [6, 6.07) is 1.19. The summed E-state index contributed by atoms with van der Waals surface area (Å²) in [5.41, 5.74) is 0.267. The summed E-state index contributed by atoms with van der Waals surface area (Å²) in [6.07, 6.45) is 5.97. The quantitative estimate of drug-likeness (QED) is 0.396. The third-order valence-corrected chi connectivity index (χ3v) is 7.97. The molecule has 2 aliphatic rings. The molecule has 0 aromatic carbocycles. The number of nitrogens with zero attached hydrogens (tertiary/aromatic N) is 2. The van der Waals surface area contributed by atoms with E-state index in [9.17, 15) is 14.4 Å². The van der Waals surface area contributed by atoms with Gasteiger partial charge in [0.1, 0.15) is 10.9 Å². The fourth-order valence-corrected chi connectivity index (χ4v) is 5.81. The maximum absolute atomic E-state index is 14.1. The first kappa shape index (κ1) is 27.3. The Morgan fingerprint density at radius 1 is 1.17 bits per heavy atom. The van der Waals surface area contributed by atoms with Crippen molar-refractivity contribution < 1.29 is 19.1 Å². The van der Waals surface area contributed by atoms with Crippen molar-refractivity contribution in [1.82, 2.24) is 4.90 Å². The zero-order valence-corrected chi connectivity index (χ0v) is 22.9. The van der Waals surface area contributed by atoms with E-state index in [1.54, 1.807) is 4.90 Å². The SMILES string of the molecule is CCN1CCCC[C@H](N(C(=O)C2CCC(C)CC2)c2cc(C#CC(C)(C)C)sc2C(=O)OC)C1=O. The number of thiophene rings is 1. The molecule has 1 aliphatic heterocycles. The number of likely N-dealkylation sites (tertiary alicyclic amines) is 1. The van der Waals surface area contributed by atoms with E-state index >= 15 is 0 Å². The summed E-state index contributed by atoms with van der Waals surface area (Å²) >= 11 is 1.24. The van der Waals surface area contributed by atoms with E-state index in [2.05, 4.69) is 18.8 Å². The van der Waals surface area contributed by atoms with Crippen molar-refractivity contribution in [3.63, 3.8) is 0 Å². The minimum Gasteiger partial charge on any atom is -0.465 e. The summed E-state index contributed by atoms with van der Waals surface area (Å²) in [4.78, 5) is 45.1. The number of methoxy groups -OCH3 is 1. The predicted octanol–water partition coefficient (Wildman–Crippen LogP) is 5.49. The minimum absolute atomic E-state index is 0.0353. The van der Waals surface area contributed by atoms with Crippen LogP contribution in [0, 0.1) is 29.1 Å². The molecule has 0 spiro atoms. The number of rotatable bonds is 5. The van der Waals surface area contributed by atoms with Gasteiger partial charge in [-0.2, -0.15) is 0 Å². The van der Waals surface area contributed by atoms with Crippen LogP contribution in [-0.4, -0.2) is 48.9 Å². The van der Waals surface area contributed by atoms with Crippen molar-refractivity contribution in [3.05, 3.63) is 15.8 Å². The van der Waals surface area contributed by atoms with E-state index in [1.807, 2.05) is 38.7 Å². The Kier molecular flexibility index (Phi) is 9.04. The van der Waals surface area contributed by atoms with Crippen LogP contribution in [0.2, 0.25) is 0 Å². The van der Waals surface area contributed by atoms with Gasteiger partial charge in [0.05, 0.1) is 17.7 Å². The van der Waals surface area contributed by atoms with Crippen LogP contribution in [0.25, 0.3) is 0 Å². The van der Waals surface area contributed by atoms with Crippen molar-refractivity contribution in [2.45, 2.75) is 85.6 Å². The predicted molar refractivity (Wildman–Crippen MR) is 140 cm³/mol. The molecule has 1 saturated carbocycles. The number of anilines is 1. The number of amides is 2. The average molecular weight is 501 g/mol. The lowest BCUT2D eigenvalue weighted by Gasteiger charge is -2.36. The highest BCUT2D eigenvalue weighted by Crippen LogP contribution is 2.38. The monoisotopic (exact) mass is 500 g/mol. The molecule has 35 heavy (non-hydrogen) atoms. The Balaban J connectivity index is 2.12. The molecule has 0 radical (unpaired) electrons. The molecule has 1 atom stereocenters. The van der Waals surface area contributed by atoms with Gasteiger partial charge < -0.3 is 9.64 Å². The van der Waals surface area contributed by atoms with Gasteiger partial charge in [0.15, 0.2) is 0 Å². The number of hydrogen-bond donors (Lipinski definition) is 0. The van der Waals surface area contributed by atoms with Gasteiger partial charge in [0, 0.05) is 24.4 Å². The minimum atomic E-state index is -0.620. The smallest absolute Gasteiger partial charge is 0.350 e. The van der Waals surface area contributed by atoms with Crippen LogP contribution in [0.1, 0.15) is 94.1 Å². The molecule has 2 amide bonds. The van der Waals surface area contributed by atoms with Crippen LogP contribution in [0.15, 0.2) is 6.07 Å². The highest BCUT2D eigenvalue weighted by Gasteiger charge is 2.40. The molecule has 0 bridgehead atoms. The second kappa shape index (κ2) is 11.6. The molecule has 3 rings (SSSR count). The van der Waals surface area contributed by atoms with Crippen molar-refractivity contribution >= 4 is 34.8 Å². The molecule has 2 fully saturated rings. The first-order valence-corrected chi connectivity index (χ1v) is 13.7. The van der Waals surface area contributed by atoms with E-state index in [4.69, 9.17) is 4.74 Å². The number of esters is 1. The van der Waals surface area contributed by atoms with Crippen molar-refractivity contribution in [2.75, 3.05) is 25.1 Å². The average Bonchev–Trinajstić information content (AvgIpc) is 3.15. The Bertz CT molecular complexity index is 989. The van der Waals surface area contributed by atoms with Crippen LogP contribution >= 0.6 is 11.3 Å². The Hall–Kier alpha value is -2.33. The van der Waals surface area contributed by atoms with Crippen LogP contribution in [-0.2, 0) is 14.3 Å². The molecular formula is C28H40N2O4S. The number of likely N-dealkylation sites (N-methyl/N-ethyl adjacent to an activating group) is 1. The largest absolute Gasteiger partial charge is 0.465 e. The van der Waals surface area contributed by atoms with E-state index in [-0.39, 0.29) is 23.1 Å². The molecule has 1 aliphatic carbocycles. The number of carbonyl (C=O) groups is 3. The second-order valence-corrected chi connectivity index (χ2v) is 12.0. The molecule has 1 aromatic heterocycles. The van der Waals surface area contributed by atoms with Gasteiger partial charge in [-0.15, -0.1) is 11.3 Å². The molecule has 6 nitrogen and oxygen atoms in total. The molecule has 0 N–H and O–H groups in total. The first-order valence-electron chi connectivity index (χ1n) is 12.9. The van der Waals surface area contributed by atoms with Gasteiger partial charge in [-0.05, 0) is 84.6 Å². The summed E-state index contributed by atoms with van der Waals surface area (Å²) in [6.45, 7) is 11.6. The highest BCUT2D eigenvalue weighted by molar-refractivity contribution is 7.15. The molecule has 1 saturated heterocycles. The summed E-state index contributed by atoms with van der Waals surface area (Å²) in [7, 11) is 1.34. The van der Waals surface area contributed by atoms with Gasteiger partial charge in [-0.1, -0.05) is 18.8 Å². The van der Waals surface area contributed by atoms with E-state index in [0.29, 0.717) is 40.9 Å². The summed E-state index contributed by atoms with van der Waals surface area (Å²) in [5, 5.41) is 0. The summed E-state index contributed by atoms with van der Waals surface area (Å²) in [5.74, 6) is 6.27. The Morgan fingerprint density at radius 3 is 2.46 bits per heavy atom. The lowest BCUT2D eigenvalue weighted by molar-refractivity contribution is -0.135. The molecule has 1 aromatic rings. The summed E-state index contributed by atoms with van der Waals surface area (Å²) < 4.78 is 5.10. The second-order valence-electron chi connectivity index (χ2n) is 10.9. The third kappa shape index (κ3) is 6.67. The standard InChI is InChI=1S/C28H40N2O4S/c1-7-29-17-9-8-10-22(26(29)32)30(25(31)20-13-11-19(2)12-14-20)23-18-21(15-16-28(3,4)5)35-24(23)27(33)34-6/h18-20,22H,7-14,17H2,1-6H3/t19?,20?,22-/m0/s1. The Labute approximate surface area is 214 Å². The maximum Gasteiger partial charge on any atom is 0.350 e. The fourth-order valence-electron chi connectivity index (χ4n) is 4.89. The zero-order valence-electron chi connectivity index (χ0n) is 22.1. The lowest BCUT2D eigenvalue weighted by atomic mass is 9.82.